The Morgan fingerprint density at radius 2 is 2.32 bits per heavy atom. The molecule has 0 saturated carbocycles. The maximum atomic E-state index is 13.9. The molecule has 0 bridgehead atoms. The third-order valence-electron chi connectivity index (χ3n) is 3.02. The summed E-state index contributed by atoms with van der Waals surface area (Å²) in [4.78, 5) is 11.9. The largest absolute Gasteiger partial charge is 0.491 e. The summed E-state index contributed by atoms with van der Waals surface area (Å²) >= 11 is 1.83. The highest BCUT2D eigenvalue weighted by atomic mass is 35.5. The van der Waals surface area contributed by atoms with Crippen molar-refractivity contribution in [3.63, 3.8) is 0 Å². The van der Waals surface area contributed by atoms with Gasteiger partial charge in [-0.15, -0.1) is 12.4 Å². The van der Waals surface area contributed by atoms with Gasteiger partial charge < -0.3 is 15.4 Å². The first-order valence-electron chi connectivity index (χ1n) is 7.12. The van der Waals surface area contributed by atoms with E-state index >= 15 is 0 Å². The number of nitrogens with one attached hydrogen (secondary N) is 2. The maximum absolute atomic E-state index is 13.9. The van der Waals surface area contributed by atoms with Crippen molar-refractivity contribution in [1.82, 2.24) is 5.32 Å². The predicted molar refractivity (Wildman–Crippen MR) is 91.8 cm³/mol. The molecular formula is C15H22ClFN2O2S. The fraction of sp³-hybridized carbons (Fsp3) is 0.533. The van der Waals surface area contributed by atoms with Gasteiger partial charge in [0.2, 0.25) is 5.91 Å². The van der Waals surface area contributed by atoms with Crippen LogP contribution in [0.25, 0.3) is 0 Å². The van der Waals surface area contributed by atoms with Gasteiger partial charge in [-0.1, -0.05) is 0 Å². The molecule has 1 saturated heterocycles. The van der Waals surface area contributed by atoms with E-state index in [-0.39, 0.29) is 36.1 Å². The number of benzene rings is 1. The standard InChI is InChI=1S/C15H21FN2O2S.ClH/c1-10(2)20-12-3-4-14(13(16)8-12)18-15(19)7-11-9-21-6-5-17-11;/h3-4,8,10-11,17H,5-7,9H2,1-2H3,(H,18,19);1H. The first-order valence-corrected chi connectivity index (χ1v) is 8.27. The third-order valence-corrected chi connectivity index (χ3v) is 4.15. The number of hydrogen-bond donors (Lipinski definition) is 2. The Labute approximate surface area is 141 Å². The smallest absolute Gasteiger partial charge is 0.226 e. The second-order valence-electron chi connectivity index (χ2n) is 5.29. The summed E-state index contributed by atoms with van der Waals surface area (Å²) in [7, 11) is 0. The molecule has 4 nitrogen and oxygen atoms in total. The normalized spacial score (nSPS) is 17.7. The molecule has 1 unspecified atom stereocenters. The lowest BCUT2D eigenvalue weighted by atomic mass is 10.2. The van der Waals surface area contributed by atoms with E-state index in [1.807, 2.05) is 25.6 Å². The van der Waals surface area contributed by atoms with Crippen LogP contribution >= 0.6 is 24.2 Å². The van der Waals surface area contributed by atoms with Gasteiger partial charge in [-0.25, -0.2) is 4.39 Å². The minimum Gasteiger partial charge on any atom is -0.491 e. The molecule has 0 radical (unpaired) electrons. The highest BCUT2D eigenvalue weighted by molar-refractivity contribution is 7.99. The summed E-state index contributed by atoms with van der Waals surface area (Å²) in [5.74, 6) is 1.80. The molecule has 7 heteroatoms. The summed E-state index contributed by atoms with van der Waals surface area (Å²) < 4.78 is 19.3. The van der Waals surface area contributed by atoms with Gasteiger partial charge in [0.25, 0.3) is 0 Å². The predicted octanol–water partition coefficient (Wildman–Crippen LogP) is 3.07. The lowest BCUT2D eigenvalue weighted by Crippen LogP contribution is -2.39. The molecule has 1 heterocycles. The molecule has 1 aliphatic rings. The summed E-state index contributed by atoms with van der Waals surface area (Å²) in [6.07, 6.45) is 0.344. The Morgan fingerprint density at radius 1 is 1.55 bits per heavy atom. The van der Waals surface area contributed by atoms with Gasteiger partial charge in [0, 0.05) is 36.6 Å². The Morgan fingerprint density at radius 3 is 2.91 bits per heavy atom. The van der Waals surface area contributed by atoms with Gasteiger partial charge in [-0.2, -0.15) is 11.8 Å². The zero-order chi connectivity index (χ0) is 15.2. The number of hydrogen-bond acceptors (Lipinski definition) is 4. The van der Waals surface area contributed by atoms with Gasteiger partial charge >= 0.3 is 0 Å². The van der Waals surface area contributed by atoms with Crippen molar-refractivity contribution in [2.45, 2.75) is 32.4 Å². The van der Waals surface area contributed by atoms with E-state index in [1.165, 1.54) is 12.1 Å². The van der Waals surface area contributed by atoms with Crippen molar-refractivity contribution < 1.29 is 13.9 Å². The number of anilines is 1. The summed E-state index contributed by atoms with van der Waals surface area (Å²) in [6, 6.07) is 4.65. The molecule has 1 amide bonds. The summed E-state index contributed by atoms with van der Waals surface area (Å²) in [6.45, 7) is 4.67. The average Bonchev–Trinajstić information content (AvgIpc) is 2.42. The van der Waals surface area contributed by atoms with E-state index in [0.717, 1.165) is 18.1 Å². The second-order valence-corrected chi connectivity index (χ2v) is 6.44. The molecule has 0 spiro atoms. The molecule has 1 aromatic carbocycles. The molecule has 0 aliphatic carbocycles. The fourth-order valence-corrected chi connectivity index (χ4v) is 3.07. The molecule has 2 rings (SSSR count). The molecule has 124 valence electrons. The Bertz CT molecular complexity index is 496. The molecule has 1 aliphatic heterocycles. The maximum Gasteiger partial charge on any atom is 0.226 e. The SMILES string of the molecule is CC(C)Oc1ccc(NC(=O)CC2CSCCN2)c(F)c1.Cl. The van der Waals surface area contributed by atoms with Crippen LogP contribution in [0, 0.1) is 5.82 Å². The highest BCUT2D eigenvalue weighted by Gasteiger charge is 2.17. The first kappa shape index (κ1) is 19.1. The Hall–Kier alpha value is -0.980. The van der Waals surface area contributed by atoms with Gasteiger partial charge in [0.15, 0.2) is 0 Å². The van der Waals surface area contributed by atoms with Crippen molar-refractivity contribution in [2.75, 3.05) is 23.4 Å². The average molecular weight is 349 g/mol. The number of halogens is 2. The quantitative estimate of drug-likeness (QED) is 0.858. The van der Waals surface area contributed by atoms with Gasteiger partial charge in [0.05, 0.1) is 11.8 Å². The number of thioether (sulfide) groups is 1. The molecule has 1 aromatic rings. The van der Waals surface area contributed by atoms with Crippen molar-refractivity contribution in [3.8, 4) is 5.75 Å². The van der Waals surface area contributed by atoms with E-state index in [0.29, 0.717) is 12.2 Å². The zero-order valence-electron chi connectivity index (χ0n) is 12.7. The van der Waals surface area contributed by atoms with Crippen molar-refractivity contribution in [3.05, 3.63) is 24.0 Å². The third kappa shape index (κ3) is 6.02. The van der Waals surface area contributed by atoms with Crippen LogP contribution in [0.5, 0.6) is 5.75 Å². The van der Waals surface area contributed by atoms with Crippen molar-refractivity contribution >= 4 is 35.8 Å². The van der Waals surface area contributed by atoms with Crippen LogP contribution in [0.2, 0.25) is 0 Å². The first-order chi connectivity index (χ1) is 10.0. The number of amides is 1. The van der Waals surface area contributed by atoms with E-state index in [1.54, 1.807) is 6.07 Å². The number of ether oxygens (including phenoxy) is 1. The van der Waals surface area contributed by atoms with Crippen molar-refractivity contribution in [2.24, 2.45) is 0 Å². The van der Waals surface area contributed by atoms with Crippen LogP contribution in [0.15, 0.2) is 18.2 Å². The van der Waals surface area contributed by atoms with E-state index < -0.39 is 5.82 Å². The van der Waals surface area contributed by atoms with E-state index in [4.69, 9.17) is 4.74 Å². The van der Waals surface area contributed by atoms with Crippen LogP contribution in [0.4, 0.5) is 10.1 Å². The summed E-state index contributed by atoms with van der Waals surface area (Å²) in [5.41, 5.74) is 0.194. The lowest BCUT2D eigenvalue weighted by Gasteiger charge is -2.22. The molecule has 2 N–H and O–H groups in total. The molecule has 0 aromatic heterocycles. The fourth-order valence-electron chi connectivity index (χ4n) is 2.12. The second kappa shape index (κ2) is 9.22. The minimum atomic E-state index is -0.479. The molecule has 1 atom stereocenters. The summed E-state index contributed by atoms with van der Waals surface area (Å²) in [5, 5.41) is 5.90. The van der Waals surface area contributed by atoms with Gasteiger partial charge in [-0.05, 0) is 26.0 Å². The highest BCUT2D eigenvalue weighted by Crippen LogP contribution is 2.22. The van der Waals surface area contributed by atoms with Crippen LogP contribution in [0.1, 0.15) is 20.3 Å². The van der Waals surface area contributed by atoms with Gasteiger partial charge in [-0.3, -0.25) is 4.79 Å². The van der Waals surface area contributed by atoms with Crippen LogP contribution < -0.4 is 15.4 Å². The number of carbonyl (C=O) groups is 1. The van der Waals surface area contributed by atoms with Crippen LogP contribution in [-0.4, -0.2) is 36.1 Å². The van der Waals surface area contributed by atoms with Crippen LogP contribution in [-0.2, 0) is 4.79 Å². The number of rotatable bonds is 5. The molecule has 22 heavy (non-hydrogen) atoms. The van der Waals surface area contributed by atoms with Gasteiger partial charge in [0.1, 0.15) is 11.6 Å². The van der Waals surface area contributed by atoms with E-state index in [9.17, 15) is 9.18 Å². The van der Waals surface area contributed by atoms with Crippen molar-refractivity contribution in [1.29, 1.82) is 0 Å². The zero-order valence-corrected chi connectivity index (χ0v) is 14.4. The monoisotopic (exact) mass is 348 g/mol. The van der Waals surface area contributed by atoms with Crippen LogP contribution in [0.3, 0.4) is 0 Å². The lowest BCUT2D eigenvalue weighted by molar-refractivity contribution is -0.116. The van der Waals surface area contributed by atoms with E-state index in [2.05, 4.69) is 10.6 Å². The molecular weight excluding hydrogens is 327 g/mol. The minimum absolute atomic E-state index is 0. The Kier molecular flexibility index (Phi) is 8.00. The number of carbonyl (C=O) groups excluding carboxylic acids is 1. The Balaban J connectivity index is 0.00000242. The topological polar surface area (TPSA) is 50.4 Å². The molecule has 1 fully saturated rings.